The highest BCUT2D eigenvalue weighted by Gasteiger charge is 2.27. The summed E-state index contributed by atoms with van der Waals surface area (Å²) in [6, 6.07) is 18.8. The molecule has 0 unspecified atom stereocenters. The smallest absolute Gasteiger partial charge is 0.264 e. The first-order chi connectivity index (χ1) is 16.2. The van der Waals surface area contributed by atoms with Gasteiger partial charge in [-0.15, -0.1) is 0 Å². The van der Waals surface area contributed by atoms with Crippen LogP contribution in [0.15, 0.2) is 77.7 Å². The topological polar surface area (TPSA) is 75.7 Å². The number of hydrogen-bond acceptors (Lipinski definition) is 4. The molecule has 0 spiro atoms. The lowest BCUT2D eigenvalue weighted by atomic mass is 10.0. The van der Waals surface area contributed by atoms with E-state index in [-0.39, 0.29) is 34.7 Å². The molecule has 3 rings (SSSR count). The molecular weight excluding hydrogens is 479 g/mol. The SMILES string of the molecule is CC(C)c1ccccc1OCCNC(=O)CN(c1ccc(F)c(Cl)c1)S(=O)(=O)c1ccccc1. The number of sulfonamides is 1. The van der Waals surface area contributed by atoms with Crippen molar-refractivity contribution in [2.75, 3.05) is 24.0 Å². The molecule has 180 valence electrons. The van der Waals surface area contributed by atoms with Crippen molar-refractivity contribution in [1.29, 1.82) is 0 Å². The van der Waals surface area contributed by atoms with Gasteiger partial charge < -0.3 is 10.1 Å². The van der Waals surface area contributed by atoms with Crippen molar-refractivity contribution in [3.63, 3.8) is 0 Å². The molecular formula is C25H26ClFN2O4S. The Labute approximate surface area is 204 Å². The normalized spacial score (nSPS) is 11.3. The van der Waals surface area contributed by atoms with Crippen molar-refractivity contribution in [2.45, 2.75) is 24.7 Å². The van der Waals surface area contributed by atoms with Crippen molar-refractivity contribution in [2.24, 2.45) is 0 Å². The number of para-hydroxylation sites is 1. The predicted molar refractivity (Wildman–Crippen MR) is 131 cm³/mol. The molecule has 0 atom stereocenters. The van der Waals surface area contributed by atoms with E-state index in [1.54, 1.807) is 18.2 Å². The van der Waals surface area contributed by atoms with Gasteiger partial charge in [0.15, 0.2) is 0 Å². The van der Waals surface area contributed by atoms with Crippen LogP contribution in [0.25, 0.3) is 0 Å². The van der Waals surface area contributed by atoms with E-state index in [1.807, 2.05) is 24.3 Å². The number of amides is 1. The average molecular weight is 505 g/mol. The molecule has 0 aliphatic heterocycles. The summed E-state index contributed by atoms with van der Waals surface area (Å²) in [5, 5.41) is 2.43. The average Bonchev–Trinajstić information content (AvgIpc) is 2.83. The van der Waals surface area contributed by atoms with E-state index < -0.39 is 28.3 Å². The van der Waals surface area contributed by atoms with Gasteiger partial charge in [-0.1, -0.05) is 61.8 Å². The zero-order chi connectivity index (χ0) is 24.7. The first-order valence-corrected chi connectivity index (χ1v) is 12.5. The van der Waals surface area contributed by atoms with Crippen LogP contribution in [0.4, 0.5) is 10.1 Å². The van der Waals surface area contributed by atoms with E-state index >= 15 is 0 Å². The molecule has 0 aliphatic carbocycles. The molecule has 0 saturated carbocycles. The number of carbonyl (C=O) groups excluding carboxylic acids is 1. The zero-order valence-corrected chi connectivity index (χ0v) is 20.4. The van der Waals surface area contributed by atoms with Crippen LogP contribution in [0.3, 0.4) is 0 Å². The maximum Gasteiger partial charge on any atom is 0.264 e. The van der Waals surface area contributed by atoms with Crippen LogP contribution in [0, 0.1) is 5.82 Å². The van der Waals surface area contributed by atoms with Gasteiger partial charge in [-0.2, -0.15) is 0 Å². The number of anilines is 1. The second kappa shape index (κ2) is 11.4. The molecule has 0 aromatic heterocycles. The molecule has 3 aromatic carbocycles. The van der Waals surface area contributed by atoms with E-state index in [1.165, 1.54) is 24.3 Å². The fourth-order valence-corrected chi connectivity index (χ4v) is 4.91. The Morgan fingerprint density at radius 3 is 2.41 bits per heavy atom. The molecule has 34 heavy (non-hydrogen) atoms. The van der Waals surface area contributed by atoms with E-state index in [9.17, 15) is 17.6 Å². The first kappa shape index (κ1) is 25.5. The Morgan fingerprint density at radius 2 is 1.74 bits per heavy atom. The van der Waals surface area contributed by atoms with Gasteiger partial charge in [-0.05, 0) is 47.9 Å². The van der Waals surface area contributed by atoms with Gasteiger partial charge in [-0.3, -0.25) is 9.10 Å². The molecule has 0 radical (unpaired) electrons. The van der Waals surface area contributed by atoms with Crippen molar-refractivity contribution in [3.05, 3.63) is 89.2 Å². The Hall–Kier alpha value is -3.10. The quantitative estimate of drug-likeness (QED) is 0.394. The van der Waals surface area contributed by atoms with Crippen molar-refractivity contribution in [1.82, 2.24) is 5.32 Å². The fourth-order valence-electron chi connectivity index (χ4n) is 3.30. The third kappa shape index (κ3) is 6.27. The Balaban J connectivity index is 1.71. The lowest BCUT2D eigenvalue weighted by Crippen LogP contribution is -2.42. The van der Waals surface area contributed by atoms with Crippen LogP contribution < -0.4 is 14.4 Å². The summed E-state index contributed by atoms with van der Waals surface area (Å²) >= 11 is 5.87. The van der Waals surface area contributed by atoms with Gasteiger partial charge in [0.2, 0.25) is 5.91 Å². The number of carbonyl (C=O) groups is 1. The largest absolute Gasteiger partial charge is 0.491 e. The number of halogens is 2. The molecule has 0 heterocycles. The van der Waals surface area contributed by atoms with Crippen LogP contribution >= 0.6 is 11.6 Å². The van der Waals surface area contributed by atoms with Gasteiger partial charge in [0.25, 0.3) is 10.0 Å². The molecule has 6 nitrogen and oxygen atoms in total. The van der Waals surface area contributed by atoms with Crippen molar-refractivity contribution < 1.29 is 22.3 Å². The van der Waals surface area contributed by atoms with Gasteiger partial charge >= 0.3 is 0 Å². The van der Waals surface area contributed by atoms with Crippen LogP contribution in [0.2, 0.25) is 5.02 Å². The number of rotatable bonds is 10. The molecule has 1 amide bonds. The van der Waals surface area contributed by atoms with E-state index in [0.717, 1.165) is 21.7 Å². The molecule has 0 bridgehead atoms. The third-order valence-electron chi connectivity index (χ3n) is 5.03. The minimum absolute atomic E-state index is 0.00290. The monoisotopic (exact) mass is 504 g/mol. The van der Waals surface area contributed by atoms with E-state index in [4.69, 9.17) is 16.3 Å². The predicted octanol–water partition coefficient (Wildman–Crippen LogP) is 4.99. The highest BCUT2D eigenvalue weighted by atomic mass is 35.5. The van der Waals surface area contributed by atoms with E-state index in [2.05, 4.69) is 19.2 Å². The van der Waals surface area contributed by atoms with Crippen LogP contribution in [0.1, 0.15) is 25.3 Å². The highest BCUT2D eigenvalue weighted by molar-refractivity contribution is 7.92. The Morgan fingerprint density at radius 1 is 1.06 bits per heavy atom. The maximum atomic E-state index is 13.7. The maximum absolute atomic E-state index is 13.7. The third-order valence-corrected chi connectivity index (χ3v) is 7.11. The van der Waals surface area contributed by atoms with Crippen LogP contribution in [-0.2, 0) is 14.8 Å². The zero-order valence-electron chi connectivity index (χ0n) is 18.9. The van der Waals surface area contributed by atoms with Crippen molar-refractivity contribution in [3.8, 4) is 5.75 Å². The summed E-state index contributed by atoms with van der Waals surface area (Å²) in [5.41, 5.74) is 1.13. The lowest BCUT2D eigenvalue weighted by molar-refractivity contribution is -0.119. The molecule has 0 aliphatic rings. The second-order valence-electron chi connectivity index (χ2n) is 7.81. The Bertz CT molecular complexity index is 1240. The van der Waals surface area contributed by atoms with E-state index in [0.29, 0.717) is 0 Å². The van der Waals surface area contributed by atoms with Crippen molar-refractivity contribution >= 4 is 33.2 Å². The summed E-state index contributed by atoms with van der Waals surface area (Å²) in [7, 11) is -4.11. The Kier molecular flexibility index (Phi) is 8.52. The lowest BCUT2D eigenvalue weighted by Gasteiger charge is -2.24. The van der Waals surface area contributed by atoms with Crippen LogP contribution in [0.5, 0.6) is 5.75 Å². The second-order valence-corrected chi connectivity index (χ2v) is 10.1. The number of nitrogens with zero attached hydrogens (tertiary/aromatic N) is 1. The molecule has 1 N–H and O–H groups in total. The summed E-state index contributed by atoms with van der Waals surface area (Å²) in [4.78, 5) is 12.7. The summed E-state index contributed by atoms with van der Waals surface area (Å²) in [6.45, 7) is 4.00. The summed E-state index contributed by atoms with van der Waals surface area (Å²) < 4.78 is 46.9. The minimum Gasteiger partial charge on any atom is -0.491 e. The van der Waals surface area contributed by atoms with Crippen LogP contribution in [-0.4, -0.2) is 34.0 Å². The van der Waals surface area contributed by atoms with Gasteiger partial charge in [0, 0.05) is 0 Å². The minimum atomic E-state index is -4.11. The molecule has 3 aromatic rings. The fraction of sp³-hybridized carbons (Fsp3) is 0.240. The number of benzene rings is 3. The summed E-state index contributed by atoms with van der Waals surface area (Å²) in [5.74, 6) is -0.211. The van der Waals surface area contributed by atoms with Gasteiger partial charge in [0.1, 0.15) is 24.7 Å². The standard InChI is InChI=1S/C25H26ClFN2O4S/c1-18(2)21-10-6-7-11-24(21)33-15-14-28-25(30)17-29(19-12-13-23(27)22(26)16-19)34(31,32)20-8-4-3-5-9-20/h3-13,16,18H,14-15,17H2,1-2H3,(H,28,30). The number of hydrogen-bond donors (Lipinski definition) is 1. The van der Waals surface area contributed by atoms with Gasteiger partial charge in [0.05, 0.1) is 22.2 Å². The summed E-state index contributed by atoms with van der Waals surface area (Å²) in [6.07, 6.45) is 0. The van der Waals surface area contributed by atoms with Gasteiger partial charge in [-0.25, -0.2) is 12.8 Å². The first-order valence-electron chi connectivity index (χ1n) is 10.7. The number of nitrogens with one attached hydrogen (secondary N) is 1. The molecule has 9 heteroatoms. The molecule has 0 saturated heterocycles. The molecule has 0 fully saturated rings. The number of ether oxygens (including phenoxy) is 1. The highest BCUT2D eigenvalue weighted by Crippen LogP contribution is 2.28.